The summed E-state index contributed by atoms with van der Waals surface area (Å²) < 4.78 is 0.771. The molecule has 0 aromatic heterocycles. The van der Waals surface area contributed by atoms with E-state index in [1.807, 2.05) is 55.5 Å². The summed E-state index contributed by atoms with van der Waals surface area (Å²) in [6.45, 7) is 10.4. The molecule has 2 aromatic rings. The van der Waals surface area contributed by atoms with Crippen molar-refractivity contribution >= 4 is 27.5 Å². The zero-order chi connectivity index (χ0) is 16.1. The van der Waals surface area contributed by atoms with Crippen LogP contribution in [0.15, 0.2) is 77.8 Å². The zero-order valence-electron chi connectivity index (χ0n) is 12.6. The first-order valence-electron chi connectivity index (χ1n) is 6.96. The van der Waals surface area contributed by atoms with Gasteiger partial charge in [0.1, 0.15) is 0 Å². The number of hydrogen-bond acceptors (Lipinski definition) is 1. The minimum Gasteiger partial charge on any atom is -0.304 e. The van der Waals surface area contributed by atoms with E-state index in [4.69, 9.17) is 0 Å². The monoisotopic (exact) mass is 355 g/mol. The summed E-state index contributed by atoms with van der Waals surface area (Å²) in [6, 6.07) is 17.1. The van der Waals surface area contributed by atoms with Crippen LogP contribution in [0.5, 0.6) is 0 Å². The highest BCUT2D eigenvalue weighted by molar-refractivity contribution is 9.10. The second-order valence-corrected chi connectivity index (χ2v) is 6.00. The van der Waals surface area contributed by atoms with Gasteiger partial charge in [0, 0.05) is 16.7 Å². The first-order chi connectivity index (χ1) is 10.5. The van der Waals surface area contributed by atoms with Crippen LogP contribution < -0.4 is 0 Å². The van der Waals surface area contributed by atoms with Crippen molar-refractivity contribution in [2.75, 3.05) is 6.54 Å². The molecule has 2 aromatic carbocycles. The molecule has 0 heterocycles. The number of carbonyl (C=O) groups excluding carboxylic acids is 1. The molecule has 0 aliphatic carbocycles. The van der Waals surface area contributed by atoms with E-state index >= 15 is 0 Å². The lowest BCUT2D eigenvalue weighted by molar-refractivity contribution is 0.0844. The molecule has 0 N–H and O–H groups in total. The second kappa shape index (κ2) is 7.23. The van der Waals surface area contributed by atoms with Gasteiger partial charge in [0.15, 0.2) is 0 Å². The fourth-order valence-electron chi connectivity index (χ4n) is 2.13. The molecule has 0 aliphatic heterocycles. The average molecular weight is 356 g/mol. The number of halogens is 1. The second-order valence-electron chi connectivity index (χ2n) is 5.14. The molecular weight excluding hydrogens is 338 g/mol. The molecule has 2 nitrogen and oxygen atoms in total. The van der Waals surface area contributed by atoms with Crippen LogP contribution in [0, 0.1) is 0 Å². The third-order valence-corrected chi connectivity index (χ3v) is 3.90. The third kappa shape index (κ3) is 3.74. The lowest BCUT2D eigenvalue weighted by Gasteiger charge is -2.25. The van der Waals surface area contributed by atoms with E-state index in [2.05, 4.69) is 29.1 Å². The minimum absolute atomic E-state index is 0.0932. The Balaban J connectivity index is 2.38. The first-order valence-corrected chi connectivity index (χ1v) is 7.75. The molecular formula is C19H18BrNO. The Hall–Kier alpha value is -2.13. The maximum Gasteiger partial charge on any atom is 0.259 e. The van der Waals surface area contributed by atoms with Gasteiger partial charge in [-0.05, 0) is 40.5 Å². The fourth-order valence-corrected chi connectivity index (χ4v) is 2.58. The third-order valence-electron chi connectivity index (χ3n) is 3.21. The predicted molar refractivity (Wildman–Crippen MR) is 95.5 cm³/mol. The summed E-state index contributed by atoms with van der Waals surface area (Å²) in [5, 5.41) is 0. The minimum atomic E-state index is -0.0932. The van der Waals surface area contributed by atoms with Crippen molar-refractivity contribution in [3.63, 3.8) is 0 Å². The highest BCUT2D eigenvalue weighted by Gasteiger charge is 2.21. The van der Waals surface area contributed by atoms with Crippen molar-refractivity contribution in [1.29, 1.82) is 0 Å². The molecule has 1 amide bonds. The van der Waals surface area contributed by atoms with Crippen molar-refractivity contribution in [2.24, 2.45) is 0 Å². The number of carbonyl (C=O) groups is 1. The van der Waals surface area contributed by atoms with Crippen LogP contribution in [0.1, 0.15) is 22.8 Å². The highest BCUT2D eigenvalue weighted by Crippen LogP contribution is 2.24. The standard InChI is InChI=1S/C19H18BrNO/c1-14(2)13-21(15(3)16-9-5-4-6-10-16)19(22)17-11-7-8-12-18(17)20/h4-12H,1,3,13H2,2H3. The van der Waals surface area contributed by atoms with Gasteiger partial charge >= 0.3 is 0 Å². The number of hydrogen-bond donors (Lipinski definition) is 0. The largest absolute Gasteiger partial charge is 0.304 e. The number of nitrogens with zero attached hydrogens (tertiary/aromatic N) is 1. The normalized spacial score (nSPS) is 10.1. The van der Waals surface area contributed by atoms with Gasteiger partial charge < -0.3 is 4.90 Å². The Bertz CT molecular complexity index is 706. The van der Waals surface area contributed by atoms with Gasteiger partial charge in [-0.3, -0.25) is 4.79 Å². The molecule has 0 bridgehead atoms. The zero-order valence-corrected chi connectivity index (χ0v) is 14.1. The SMILES string of the molecule is C=C(C)CN(C(=C)c1ccccc1)C(=O)c1ccccc1Br. The van der Waals surface area contributed by atoms with Crippen LogP contribution in [0.3, 0.4) is 0 Å². The topological polar surface area (TPSA) is 20.3 Å². The summed E-state index contributed by atoms with van der Waals surface area (Å²) in [5.74, 6) is -0.0932. The van der Waals surface area contributed by atoms with E-state index in [-0.39, 0.29) is 5.91 Å². The molecule has 0 unspecified atom stereocenters. The molecule has 0 atom stereocenters. The Morgan fingerprint density at radius 3 is 2.23 bits per heavy atom. The smallest absolute Gasteiger partial charge is 0.259 e. The molecule has 0 radical (unpaired) electrons. The molecule has 0 aliphatic rings. The van der Waals surface area contributed by atoms with Crippen molar-refractivity contribution in [1.82, 2.24) is 4.90 Å². The molecule has 22 heavy (non-hydrogen) atoms. The predicted octanol–water partition coefficient (Wildman–Crippen LogP) is 5.14. The van der Waals surface area contributed by atoms with Crippen LogP contribution in [0.2, 0.25) is 0 Å². The van der Waals surface area contributed by atoms with Gasteiger partial charge in [-0.25, -0.2) is 0 Å². The quantitative estimate of drug-likeness (QED) is 0.680. The molecule has 3 heteroatoms. The van der Waals surface area contributed by atoms with Crippen molar-refractivity contribution < 1.29 is 4.79 Å². The van der Waals surface area contributed by atoms with E-state index in [1.165, 1.54) is 0 Å². The van der Waals surface area contributed by atoms with E-state index in [0.29, 0.717) is 17.8 Å². The average Bonchev–Trinajstić information content (AvgIpc) is 2.52. The molecule has 0 saturated heterocycles. The Kier molecular flexibility index (Phi) is 5.34. The molecule has 0 fully saturated rings. The van der Waals surface area contributed by atoms with Crippen molar-refractivity contribution in [3.05, 3.63) is 88.9 Å². The number of benzene rings is 2. The fraction of sp³-hybridized carbons (Fsp3) is 0.105. The van der Waals surface area contributed by atoms with Gasteiger partial charge in [-0.15, -0.1) is 0 Å². The van der Waals surface area contributed by atoms with Crippen molar-refractivity contribution in [3.8, 4) is 0 Å². The lowest BCUT2D eigenvalue weighted by atomic mass is 10.1. The summed E-state index contributed by atoms with van der Waals surface area (Å²) >= 11 is 3.44. The maximum atomic E-state index is 12.9. The van der Waals surface area contributed by atoms with Gasteiger partial charge in [0.25, 0.3) is 5.91 Å². The molecule has 112 valence electrons. The summed E-state index contributed by atoms with van der Waals surface area (Å²) in [5.41, 5.74) is 3.10. The number of amides is 1. The van der Waals surface area contributed by atoms with E-state index < -0.39 is 0 Å². The summed E-state index contributed by atoms with van der Waals surface area (Å²) in [6.07, 6.45) is 0. The van der Waals surface area contributed by atoms with Crippen LogP contribution in [0.4, 0.5) is 0 Å². The summed E-state index contributed by atoms with van der Waals surface area (Å²) in [4.78, 5) is 14.6. The van der Waals surface area contributed by atoms with Crippen molar-refractivity contribution in [2.45, 2.75) is 6.92 Å². The summed E-state index contributed by atoms with van der Waals surface area (Å²) in [7, 11) is 0. The van der Waals surface area contributed by atoms with Crippen LogP contribution in [-0.2, 0) is 0 Å². The van der Waals surface area contributed by atoms with Gasteiger partial charge in [0.05, 0.1) is 5.56 Å². The maximum absolute atomic E-state index is 12.9. The van der Waals surface area contributed by atoms with E-state index in [1.54, 1.807) is 11.0 Å². The highest BCUT2D eigenvalue weighted by atomic mass is 79.9. The van der Waals surface area contributed by atoms with E-state index in [9.17, 15) is 4.79 Å². The Morgan fingerprint density at radius 2 is 1.64 bits per heavy atom. The first kappa shape index (κ1) is 16.2. The van der Waals surface area contributed by atoms with Crippen LogP contribution in [-0.4, -0.2) is 17.4 Å². The molecule has 0 spiro atoms. The molecule has 0 saturated carbocycles. The lowest BCUT2D eigenvalue weighted by Crippen LogP contribution is -2.31. The van der Waals surface area contributed by atoms with Gasteiger partial charge in [0.2, 0.25) is 0 Å². The van der Waals surface area contributed by atoms with Crippen LogP contribution in [0.25, 0.3) is 5.70 Å². The number of rotatable bonds is 5. The van der Waals surface area contributed by atoms with E-state index in [0.717, 1.165) is 15.6 Å². The Labute approximate surface area is 139 Å². The van der Waals surface area contributed by atoms with Crippen LogP contribution >= 0.6 is 15.9 Å². The Morgan fingerprint density at radius 1 is 1.05 bits per heavy atom. The van der Waals surface area contributed by atoms with Gasteiger partial charge in [-0.2, -0.15) is 0 Å². The van der Waals surface area contributed by atoms with Gasteiger partial charge in [-0.1, -0.05) is 61.2 Å². The molecule has 2 rings (SSSR count).